The largest absolute Gasteiger partial charge is 0.480 e. The van der Waals surface area contributed by atoms with E-state index >= 15 is 0 Å². The number of carbonyl (C=O) groups excluding carboxylic acids is 2. The number of aromatic nitrogens is 1. The molecular formula is C23H29N3O6S. The lowest BCUT2D eigenvalue weighted by Gasteiger charge is -2.34. The summed E-state index contributed by atoms with van der Waals surface area (Å²) in [4.78, 5) is 42.8. The van der Waals surface area contributed by atoms with Gasteiger partial charge in [-0.15, -0.1) is 0 Å². The Balaban J connectivity index is 1.70. The SMILES string of the molecule is COC(=O)NC(C(=O)N1CC(COc2cccc(-c3ccsc3)n2)CC1C(=O)O)C(C)(C)C. The van der Waals surface area contributed by atoms with Crippen LogP contribution in [0.5, 0.6) is 5.88 Å². The monoisotopic (exact) mass is 475 g/mol. The van der Waals surface area contributed by atoms with Crippen molar-refractivity contribution < 1.29 is 29.0 Å². The number of aliphatic carboxylic acids is 1. The Bertz CT molecular complexity index is 988. The number of nitrogens with one attached hydrogen (secondary N) is 1. The van der Waals surface area contributed by atoms with Crippen molar-refractivity contribution in [3.63, 3.8) is 0 Å². The van der Waals surface area contributed by atoms with Crippen molar-refractivity contribution in [2.45, 2.75) is 39.3 Å². The number of nitrogens with zero attached hydrogens (tertiary/aromatic N) is 2. The standard InChI is InChI=1S/C23H29N3O6S/c1-23(2,3)19(25-22(30)31-4)20(27)26-11-14(10-17(26)21(28)29)12-32-18-7-5-6-16(24-18)15-8-9-33-13-15/h5-9,13-14,17,19H,10-12H2,1-4H3,(H,25,30)(H,28,29). The Labute approximate surface area is 196 Å². The highest BCUT2D eigenvalue weighted by atomic mass is 32.1. The van der Waals surface area contributed by atoms with Gasteiger partial charge in [0.05, 0.1) is 19.4 Å². The molecule has 178 valence electrons. The van der Waals surface area contributed by atoms with E-state index in [0.29, 0.717) is 5.88 Å². The number of alkyl carbamates (subject to hydrolysis) is 1. The van der Waals surface area contributed by atoms with Crippen LogP contribution in [0.25, 0.3) is 11.3 Å². The van der Waals surface area contributed by atoms with Gasteiger partial charge in [-0.05, 0) is 29.3 Å². The van der Waals surface area contributed by atoms with E-state index in [-0.39, 0.29) is 25.5 Å². The van der Waals surface area contributed by atoms with E-state index in [1.165, 1.54) is 12.0 Å². The van der Waals surface area contributed by atoms with Crippen molar-refractivity contribution in [3.05, 3.63) is 35.0 Å². The fourth-order valence-corrected chi connectivity index (χ4v) is 4.43. The van der Waals surface area contributed by atoms with Crippen molar-refractivity contribution in [1.82, 2.24) is 15.2 Å². The highest BCUT2D eigenvalue weighted by Gasteiger charge is 2.45. The molecule has 0 aliphatic carbocycles. The smallest absolute Gasteiger partial charge is 0.407 e. The van der Waals surface area contributed by atoms with E-state index in [1.807, 2.05) is 29.0 Å². The minimum Gasteiger partial charge on any atom is -0.480 e. The number of ether oxygens (including phenoxy) is 2. The molecule has 2 aromatic rings. The van der Waals surface area contributed by atoms with Crippen molar-refractivity contribution in [2.75, 3.05) is 20.3 Å². The molecule has 10 heteroatoms. The molecular weight excluding hydrogens is 446 g/mol. The summed E-state index contributed by atoms with van der Waals surface area (Å²) in [6.07, 6.45) is -0.494. The summed E-state index contributed by atoms with van der Waals surface area (Å²) in [6.45, 7) is 5.81. The highest BCUT2D eigenvalue weighted by Crippen LogP contribution is 2.29. The van der Waals surface area contributed by atoms with Gasteiger partial charge in [0.2, 0.25) is 11.8 Å². The second-order valence-corrected chi connectivity index (χ2v) is 9.85. The maximum atomic E-state index is 13.3. The van der Waals surface area contributed by atoms with E-state index in [9.17, 15) is 19.5 Å². The van der Waals surface area contributed by atoms with E-state index in [0.717, 1.165) is 11.3 Å². The molecule has 3 atom stereocenters. The van der Waals surface area contributed by atoms with Gasteiger partial charge in [-0.25, -0.2) is 14.6 Å². The summed E-state index contributed by atoms with van der Waals surface area (Å²) in [7, 11) is 1.21. The predicted octanol–water partition coefficient (Wildman–Crippen LogP) is 3.26. The van der Waals surface area contributed by atoms with Crippen LogP contribution in [-0.2, 0) is 14.3 Å². The molecule has 1 fully saturated rings. The van der Waals surface area contributed by atoms with E-state index < -0.39 is 35.5 Å². The lowest BCUT2D eigenvalue weighted by Crippen LogP contribution is -2.56. The maximum Gasteiger partial charge on any atom is 0.407 e. The zero-order valence-corrected chi connectivity index (χ0v) is 19.9. The molecule has 2 aromatic heterocycles. The van der Waals surface area contributed by atoms with Gasteiger partial charge in [0.1, 0.15) is 12.1 Å². The minimum atomic E-state index is -1.09. The molecule has 33 heavy (non-hydrogen) atoms. The number of thiophene rings is 1. The first-order valence-corrected chi connectivity index (χ1v) is 11.5. The molecule has 1 saturated heterocycles. The Morgan fingerprint density at radius 1 is 1.30 bits per heavy atom. The van der Waals surface area contributed by atoms with Crippen LogP contribution in [0, 0.1) is 11.3 Å². The van der Waals surface area contributed by atoms with Crippen molar-refractivity contribution in [2.24, 2.45) is 11.3 Å². The third kappa shape index (κ3) is 6.01. The summed E-state index contributed by atoms with van der Waals surface area (Å²) in [6, 6.07) is 5.54. The van der Waals surface area contributed by atoms with Crippen molar-refractivity contribution in [3.8, 4) is 17.1 Å². The van der Waals surface area contributed by atoms with Crippen LogP contribution >= 0.6 is 11.3 Å². The third-order valence-corrected chi connectivity index (χ3v) is 6.21. The summed E-state index contributed by atoms with van der Waals surface area (Å²) in [5, 5.41) is 16.3. The van der Waals surface area contributed by atoms with Gasteiger partial charge in [-0.1, -0.05) is 26.8 Å². The normalized spacial score (nSPS) is 19.1. The second-order valence-electron chi connectivity index (χ2n) is 9.07. The molecule has 0 saturated carbocycles. The van der Waals surface area contributed by atoms with Gasteiger partial charge >= 0.3 is 12.1 Å². The Morgan fingerprint density at radius 3 is 2.67 bits per heavy atom. The maximum absolute atomic E-state index is 13.3. The molecule has 3 unspecified atom stereocenters. The zero-order chi connectivity index (χ0) is 24.2. The summed E-state index contributed by atoms with van der Waals surface area (Å²) >= 11 is 1.58. The molecule has 0 spiro atoms. The molecule has 3 rings (SSSR count). The Hall–Kier alpha value is -3.14. The second kappa shape index (κ2) is 10.2. The lowest BCUT2D eigenvalue weighted by molar-refractivity contribution is -0.150. The van der Waals surface area contributed by atoms with Crippen LogP contribution in [-0.4, -0.2) is 65.3 Å². The van der Waals surface area contributed by atoms with Crippen LogP contribution in [0.2, 0.25) is 0 Å². The highest BCUT2D eigenvalue weighted by molar-refractivity contribution is 7.08. The first-order valence-electron chi connectivity index (χ1n) is 10.6. The molecule has 1 aliphatic rings. The van der Waals surface area contributed by atoms with Crippen LogP contribution in [0.1, 0.15) is 27.2 Å². The molecule has 3 heterocycles. The molecule has 0 radical (unpaired) electrons. The number of likely N-dealkylation sites (tertiary alicyclic amines) is 1. The van der Waals surface area contributed by atoms with Gasteiger partial charge in [0, 0.05) is 29.5 Å². The van der Waals surface area contributed by atoms with Crippen LogP contribution < -0.4 is 10.1 Å². The molecule has 0 aromatic carbocycles. The van der Waals surface area contributed by atoms with Crippen LogP contribution in [0.15, 0.2) is 35.0 Å². The third-order valence-electron chi connectivity index (χ3n) is 5.52. The lowest BCUT2D eigenvalue weighted by atomic mass is 9.85. The molecule has 2 amide bonds. The topological polar surface area (TPSA) is 118 Å². The number of carboxylic acids is 1. The average Bonchev–Trinajstić information content (AvgIpc) is 3.45. The number of hydrogen-bond donors (Lipinski definition) is 2. The summed E-state index contributed by atoms with van der Waals surface area (Å²) in [5.74, 6) is -1.30. The molecule has 1 aliphatic heterocycles. The fraction of sp³-hybridized carbons (Fsp3) is 0.478. The Morgan fingerprint density at radius 2 is 2.06 bits per heavy atom. The number of amides is 2. The van der Waals surface area contributed by atoms with Gasteiger partial charge < -0.3 is 24.8 Å². The van der Waals surface area contributed by atoms with E-state index in [4.69, 9.17) is 4.74 Å². The van der Waals surface area contributed by atoms with Gasteiger partial charge in [0.25, 0.3) is 0 Å². The molecule has 0 bridgehead atoms. The number of hydrogen-bond acceptors (Lipinski definition) is 7. The van der Waals surface area contributed by atoms with Gasteiger partial charge in [0.15, 0.2) is 0 Å². The quantitative estimate of drug-likeness (QED) is 0.631. The summed E-state index contributed by atoms with van der Waals surface area (Å²) < 4.78 is 10.5. The van der Waals surface area contributed by atoms with Crippen molar-refractivity contribution >= 4 is 29.3 Å². The minimum absolute atomic E-state index is 0.194. The predicted molar refractivity (Wildman–Crippen MR) is 123 cm³/mol. The average molecular weight is 476 g/mol. The number of rotatable bonds is 7. The first-order chi connectivity index (χ1) is 15.6. The van der Waals surface area contributed by atoms with Crippen LogP contribution in [0.4, 0.5) is 4.79 Å². The Kier molecular flexibility index (Phi) is 7.57. The zero-order valence-electron chi connectivity index (χ0n) is 19.1. The summed E-state index contributed by atoms with van der Waals surface area (Å²) in [5.41, 5.74) is 1.15. The first kappa shape index (κ1) is 24.5. The van der Waals surface area contributed by atoms with Gasteiger partial charge in [-0.2, -0.15) is 11.3 Å². The number of carboxylic acid groups (broad SMARTS) is 1. The fourth-order valence-electron chi connectivity index (χ4n) is 3.78. The molecule has 2 N–H and O–H groups in total. The van der Waals surface area contributed by atoms with Gasteiger partial charge in [-0.3, -0.25) is 4.79 Å². The van der Waals surface area contributed by atoms with E-state index in [1.54, 1.807) is 38.2 Å². The molecule has 9 nitrogen and oxygen atoms in total. The number of pyridine rings is 1. The number of carbonyl (C=O) groups is 3. The van der Waals surface area contributed by atoms with Crippen molar-refractivity contribution in [1.29, 1.82) is 0 Å². The number of methoxy groups -OCH3 is 1. The van der Waals surface area contributed by atoms with Crippen LogP contribution in [0.3, 0.4) is 0 Å². The van der Waals surface area contributed by atoms with E-state index in [2.05, 4.69) is 15.0 Å².